The van der Waals surface area contributed by atoms with Gasteiger partial charge in [0, 0.05) is 12.2 Å². The van der Waals surface area contributed by atoms with Crippen molar-refractivity contribution in [1.29, 1.82) is 0 Å². The molecule has 0 radical (unpaired) electrons. The molecule has 1 aliphatic heterocycles. The molecule has 0 aliphatic carbocycles. The summed E-state index contributed by atoms with van der Waals surface area (Å²) in [5, 5.41) is 0. The standard InChI is InChI=1S/C14H26O4S/c1-13(2,3)18-12(15)8-10-7-11(9-19-6)17-14(4,5)16-10/h10-11H,7-9H2,1-6H3/t10-,11+/m1/s1. The molecule has 0 aromatic carbocycles. The zero-order chi connectivity index (χ0) is 14.7. The molecule has 4 nitrogen and oxygen atoms in total. The van der Waals surface area contributed by atoms with Gasteiger partial charge in [-0.1, -0.05) is 0 Å². The molecule has 0 saturated carbocycles. The Bertz CT molecular complexity index is 309. The van der Waals surface area contributed by atoms with E-state index in [-0.39, 0.29) is 24.6 Å². The van der Waals surface area contributed by atoms with Gasteiger partial charge in [0.1, 0.15) is 5.60 Å². The van der Waals surface area contributed by atoms with Crippen molar-refractivity contribution in [3.63, 3.8) is 0 Å². The second-order valence-electron chi connectivity index (χ2n) is 6.36. The van der Waals surface area contributed by atoms with E-state index in [1.807, 2.05) is 34.6 Å². The van der Waals surface area contributed by atoms with Crippen molar-refractivity contribution in [3.8, 4) is 0 Å². The predicted molar refractivity (Wildman–Crippen MR) is 77.3 cm³/mol. The Kier molecular flexibility index (Phi) is 5.71. The van der Waals surface area contributed by atoms with E-state index >= 15 is 0 Å². The summed E-state index contributed by atoms with van der Waals surface area (Å²) in [6.45, 7) is 9.39. The van der Waals surface area contributed by atoms with Crippen LogP contribution in [-0.4, -0.2) is 41.6 Å². The molecule has 0 unspecified atom stereocenters. The van der Waals surface area contributed by atoms with Crippen LogP contribution in [0.4, 0.5) is 0 Å². The monoisotopic (exact) mass is 290 g/mol. The summed E-state index contributed by atoms with van der Waals surface area (Å²) < 4.78 is 17.0. The topological polar surface area (TPSA) is 44.8 Å². The normalized spacial score (nSPS) is 27.1. The summed E-state index contributed by atoms with van der Waals surface area (Å²) >= 11 is 1.74. The first kappa shape index (κ1) is 16.8. The molecule has 5 heteroatoms. The van der Waals surface area contributed by atoms with Crippen LogP contribution in [0.2, 0.25) is 0 Å². The fourth-order valence-corrected chi connectivity index (χ4v) is 2.78. The lowest BCUT2D eigenvalue weighted by atomic mass is 10.1. The number of rotatable bonds is 4. The van der Waals surface area contributed by atoms with Crippen LogP contribution in [0.5, 0.6) is 0 Å². The number of ether oxygens (including phenoxy) is 3. The molecule has 19 heavy (non-hydrogen) atoms. The lowest BCUT2D eigenvalue weighted by Crippen LogP contribution is -2.46. The summed E-state index contributed by atoms with van der Waals surface area (Å²) in [7, 11) is 0. The fraction of sp³-hybridized carbons (Fsp3) is 0.929. The highest BCUT2D eigenvalue weighted by Crippen LogP contribution is 2.30. The van der Waals surface area contributed by atoms with E-state index in [4.69, 9.17) is 14.2 Å². The molecular formula is C14H26O4S. The molecule has 1 rings (SSSR count). The number of carbonyl (C=O) groups excluding carboxylic acids is 1. The number of carbonyl (C=O) groups is 1. The molecule has 1 saturated heterocycles. The number of hydrogen-bond donors (Lipinski definition) is 0. The minimum atomic E-state index is -0.634. The van der Waals surface area contributed by atoms with E-state index in [2.05, 4.69) is 6.26 Å². The Morgan fingerprint density at radius 1 is 1.32 bits per heavy atom. The molecule has 0 N–H and O–H groups in total. The summed E-state index contributed by atoms with van der Waals surface area (Å²) in [5.74, 6) is 0.0706. The Morgan fingerprint density at radius 2 is 1.89 bits per heavy atom. The maximum absolute atomic E-state index is 11.9. The van der Waals surface area contributed by atoms with Gasteiger partial charge in [-0.25, -0.2) is 0 Å². The van der Waals surface area contributed by atoms with Gasteiger partial charge in [0.15, 0.2) is 5.79 Å². The van der Waals surface area contributed by atoms with Crippen LogP contribution < -0.4 is 0 Å². The van der Waals surface area contributed by atoms with Crippen LogP contribution in [-0.2, 0) is 19.0 Å². The first-order valence-corrected chi connectivity index (χ1v) is 8.07. The first-order valence-electron chi connectivity index (χ1n) is 6.68. The van der Waals surface area contributed by atoms with Crippen LogP contribution in [0.15, 0.2) is 0 Å². The SMILES string of the molecule is CSC[C@@H]1C[C@H](CC(=O)OC(C)(C)C)OC(C)(C)O1. The Balaban J connectivity index is 2.54. The van der Waals surface area contributed by atoms with Gasteiger partial charge < -0.3 is 14.2 Å². The lowest BCUT2D eigenvalue weighted by molar-refractivity contribution is -0.295. The van der Waals surface area contributed by atoms with Crippen LogP contribution >= 0.6 is 11.8 Å². The minimum Gasteiger partial charge on any atom is -0.460 e. The summed E-state index contributed by atoms with van der Waals surface area (Å²) in [6, 6.07) is 0. The van der Waals surface area contributed by atoms with Gasteiger partial charge in [-0.3, -0.25) is 4.79 Å². The van der Waals surface area contributed by atoms with Crippen molar-refractivity contribution < 1.29 is 19.0 Å². The molecule has 112 valence electrons. The predicted octanol–water partition coefficient (Wildman–Crippen LogP) is 2.99. The first-order chi connectivity index (χ1) is 8.61. The average Bonchev–Trinajstić information content (AvgIpc) is 2.10. The third-order valence-corrected chi connectivity index (χ3v) is 3.30. The Hall–Kier alpha value is -0.260. The van der Waals surface area contributed by atoms with Crippen molar-refractivity contribution in [2.45, 2.75) is 71.1 Å². The molecule has 2 atom stereocenters. The van der Waals surface area contributed by atoms with Crippen molar-refractivity contribution >= 4 is 17.7 Å². The van der Waals surface area contributed by atoms with E-state index in [0.29, 0.717) is 0 Å². The van der Waals surface area contributed by atoms with Gasteiger partial charge in [0.2, 0.25) is 0 Å². The van der Waals surface area contributed by atoms with E-state index < -0.39 is 11.4 Å². The van der Waals surface area contributed by atoms with E-state index in [1.165, 1.54) is 0 Å². The number of thioether (sulfide) groups is 1. The third-order valence-electron chi connectivity index (χ3n) is 2.59. The van der Waals surface area contributed by atoms with Crippen molar-refractivity contribution in [2.24, 2.45) is 0 Å². The van der Waals surface area contributed by atoms with Crippen molar-refractivity contribution in [3.05, 3.63) is 0 Å². The lowest BCUT2D eigenvalue weighted by Gasteiger charge is -2.40. The van der Waals surface area contributed by atoms with E-state index in [0.717, 1.165) is 12.2 Å². The molecular weight excluding hydrogens is 264 g/mol. The van der Waals surface area contributed by atoms with Gasteiger partial charge in [-0.2, -0.15) is 11.8 Å². The Labute approximate surface area is 120 Å². The highest BCUT2D eigenvalue weighted by Gasteiger charge is 2.36. The zero-order valence-corrected chi connectivity index (χ0v) is 13.6. The largest absolute Gasteiger partial charge is 0.460 e. The van der Waals surface area contributed by atoms with Crippen LogP contribution in [0.3, 0.4) is 0 Å². The molecule has 0 aromatic heterocycles. The second-order valence-corrected chi connectivity index (χ2v) is 7.27. The molecule has 0 amide bonds. The highest BCUT2D eigenvalue weighted by molar-refractivity contribution is 7.98. The number of hydrogen-bond acceptors (Lipinski definition) is 5. The quantitative estimate of drug-likeness (QED) is 0.745. The zero-order valence-electron chi connectivity index (χ0n) is 12.8. The van der Waals surface area contributed by atoms with Crippen LogP contribution in [0.25, 0.3) is 0 Å². The average molecular weight is 290 g/mol. The van der Waals surface area contributed by atoms with E-state index in [1.54, 1.807) is 11.8 Å². The van der Waals surface area contributed by atoms with Gasteiger partial charge in [-0.05, 0) is 40.9 Å². The summed E-state index contributed by atoms with van der Waals surface area (Å²) in [6.07, 6.45) is 3.08. The summed E-state index contributed by atoms with van der Waals surface area (Å²) in [5.41, 5.74) is -0.448. The molecule has 1 heterocycles. The second kappa shape index (κ2) is 6.46. The molecule has 0 spiro atoms. The Morgan fingerprint density at radius 3 is 2.42 bits per heavy atom. The van der Waals surface area contributed by atoms with Gasteiger partial charge in [-0.15, -0.1) is 0 Å². The summed E-state index contributed by atoms with van der Waals surface area (Å²) in [4.78, 5) is 11.9. The smallest absolute Gasteiger partial charge is 0.308 e. The maximum Gasteiger partial charge on any atom is 0.308 e. The van der Waals surface area contributed by atoms with Gasteiger partial charge >= 0.3 is 5.97 Å². The highest BCUT2D eigenvalue weighted by atomic mass is 32.2. The van der Waals surface area contributed by atoms with Crippen molar-refractivity contribution in [2.75, 3.05) is 12.0 Å². The van der Waals surface area contributed by atoms with Crippen LogP contribution in [0.1, 0.15) is 47.5 Å². The van der Waals surface area contributed by atoms with Gasteiger partial charge in [0.05, 0.1) is 18.6 Å². The molecule has 0 bridgehead atoms. The number of esters is 1. The van der Waals surface area contributed by atoms with E-state index in [9.17, 15) is 4.79 Å². The molecule has 1 fully saturated rings. The maximum atomic E-state index is 11.9. The van der Waals surface area contributed by atoms with Crippen molar-refractivity contribution in [1.82, 2.24) is 0 Å². The molecule has 1 aliphatic rings. The minimum absolute atomic E-state index is 0.129. The van der Waals surface area contributed by atoms with Crippen LogP contribution in [0, 0.1) is 0 Å². The molecule has 0 aromatic rings. The van der Waals surface area contributed by atoms with Gasteiger partial charge in [0.25, 0.3) is 0 Å². The third kappa shape index (κ3) is 6.63. The fourth-order valence-electron chi connectivity index (χ4n) is 2.20.